The van der Waals surface area contributed by atoms with E-state index in [9.17, 15) is 9.18 Å². The molecule has 2 aromatic carbocycles. The predicted molar refractivity (Wildman–Crippen MR) is 79.7 cm³/mol. The Labute approximate surface area is 118 Å². The Hall–Kier alpha value is -2.16. The van der Waals surface area contributed by atoms with Crippen LogP contribution in [0.1, 0.15) is 28.4 Å². The fourth-order valence-corrected chi connectivity index (χ4v) is 2.17. The summed E-state index contributed by atoms with van der Waals surface area (Å²) in [5.41, 5.74) is 2.95. The number of aryl methyl sites for hydroxylation is 2. The summed E-state index contributed by atoms with van der Waals surface area (Å²) in [5, 5.41) is 0. The van der Waals surface area contributed by atoms with Crippen molar-refractivity contribution >= 4 is 11.6 Å². The zero-order valence-electron chi connectivity index (χ0n) is 12.0. The van der Waals surface area contributed by atoms with Crippen LogP contribution in [0, 0.1) is 19.7 Å². The molecule has 104 valence electrons. The third-order valence-electron chi connectivity index (χ3n) is 3.28. The molecule has 0 aliphatic heterocycles. The summed E-state index contributed by atoms with van der Waals surface area (Å²) in [6.07, 6.45) is 0. The van der Waals surface area contributed by atoms with Gasteiger partial charge in [0.2, 0.25) is 0 Å². The van der Waals surface area contributed by atoms with Crippen LogP contribution in [0.25, 0.3) is 0 Å². The summed E-state index contributed by atoms with van der Waals surface area (Å²) in [7, 11) is 0. The van der Waals surface area contributed by atoms with E-state index in [-0.39, 0.29) is 11.7 Å². The molecule has 0 N–H and O–H groups in total. The molecule has 0 heterocycles. The number of rotatable bonds is 3. The lowest BCUT2D eigenvalue weighted by Gasteiger charge is -2.21. The Bertz CT molecular complexity index is 637. The first-order valence-corrected chi connectivity index (χ1v) is 6.67. The number of carbonyl (C=O) groups excluding carboxylic acids is 1. The van der Waals surface area contributed by atoms with E-state index in [1.54, 1.807) is 17.9 Å². The molecule has 0 saturated carbocycles. The maximum atomic E-state index is 13.3. The number of carbonyl (C=O) groups is 1. The zero-order chi connectivity index (χ0) is 14.7. The van der Waals surface area contributed by atoms with Gasteiger partial charge < -0.3 is 4.90 Å². The van der Waals surface area contributed by atoms with E-state index in [0.717, 1.165) is 11.3 Å². The average molecular weight is 271 g/mol. The molecule has 0 radical (unpaired) electrons. The number of benzene rings is 2. The van der Waals surface area contributed by atoms with E-state index in [0.29, 0.717) is 17.7 Å². The largest absolute Gasteiger partial charge is 0.309 e. The van der Waals surface area contributed by atoms with Crippen LogP contribution < -0.4 is 4.90 Å². The maximum absolute atomic E-state index is 13.3. The normalized spacial score (nSPS) is 10.4. The van der Waals surface area contributed by atoms with Gasteiger partial charge in [-0.3, -0.25) is 4.79 Å². The highest BCUT2D eigenvalue weighted by molar-refractivity contribution is 6.06. The van der Waals surface area contributed by atoms with Crippen molar-refractivity contribution < 1.29 is 9.18 Å². The Morgan fingerprint density at radius 3 is 2.50 bits per heavy atom. The molecular weight excluding hydrogens is 253 g/mol. The van der Waals surface area contributed by atoms with E-state index in [2.05, 4.69) is 0 Å². The Morgan fingerprint density at radius 1 is 1.15 bits per heavy atom. The third kappa shape index (κ3) is 2.87. The van der Waals surface area contributed by atoms with Crippen LogP contribution in [-0.4, -0.2) is 12.5 Å². The summed E-state index contributed by atoms with van der Waals surface area (Å²) < 4.78 is 13.3. The summed E-state index contributed by atoms with van der Waals surface area (Å²) in [4.78, 5) is 14.2. The Balaban J connectivity index is 2.36. The molecule has 2 nitrogen and oxygen atoms in total. The van der Waals surface area contributed by atoms with Crippen LogP contribution >= 0.6 is 0 Å². The predicted octanol–water partition coefficient (Wildman–Crippen LogP) is 4.11. The van der Waals surface area contributed by atoms with Gasteiger partial charge in [-0.15, -0.1) is 0 Å². The molecule has 0 saturated heterocycles. The van der Waals surface area contributed by atoms with Crippen molar-refractivity contribution in [2.75, 3.05) is 11.4 Å². The Morgan fingerprint density at radius 2 is 1.90 bits per heavy atom. The lowest BCUT2D eigenvalue weighted by Crippen LogP contribution is -2.30. The smallest absolute Gasteiger partial charge is 0.258 e. The fraction of sp³-hybridized carbons (Fsp3) is 0.235. The minimum absolute atomic E-state index is 0.110. The molecule has 0 spiro atoms. The third-order valence-corrected chi connectivity index (χ3v) is 3.28. The number of hydrogen-bond donors (Lipinski definition) is 0. The van der Waals surface area contributed by atoms with Gasteiger partial charge >= 0.3 is 0 Å². The summed E-state index contributed by atoms with van der Waals surface area (Å²) in [5.74, 6) is -0.402. The van der Waals surface area contributed by atoms with Crippen molar-refractivity contribution in [1.82, 2.24) is 0 Å². The van der Waals surface area contributed by atoms with Gasteiger partial charge in [-0.1, -0.05) is 12.1 Å². The molecule has 0 unspecified atom stereocenters. The van der Waals surface area contributed by atoms with Crippen LogP contribution in [0.3, 0.4) is 0 Å². The maximum Gasteiger partial charge on any atom is 0.258 e. The van der Waals surface area contributed by atoms with Gasteiger partial charge in [0.15, 0.2) is 0 Å². The van der Waals surface area contributed by atoms with Gasteiger partial charge in [0, 0.05) is 17.8 Å². The molecule has 0 aromatic heterocycles. The highest BCUT2D eigenvalue weighted by Crippen LogP contribution is 2.19. The van der Waals surface area contributed by atoms with Crippen LogP contribution in [0.2, 0.25) is 0 Å². The summed E-state index contributed by atoms with van der Waals surface area (Å²) >= 11 is 0. The van der Waals surface area contributed by atoms with Crippen molar-refractivity contribution in [1.29, 1.82) is 0 Å². The molecule has 2 rings (SSSR count). The SMILES string of the molecule is CCN(C(=O)c1ccc(F)c(C)c1)c1cccc(C)c1. The molecule has 0 aliphatic carbocycles. The van der Waals surface area contributed by atoms with E-state index < -0.39 is 0 Å². The second kappa shape index (κ2) is 5.87. The zero-order valence-corrected chi connectivity index (χ0v) is 12.0. The molecule has 0 aliphatic rings. The average Bonchev–Trinajstić information content (AvgIpc) is 2.42. The van der Waals surface area contributed by atoms with Crippen LogP contribution in [0.5, 0.6) is 0 Å². The van der Waals surface area contributed by atoms with Crippen LogP contribution in [0.4, 0.5) is 10.1 Å². The summed E-state index contributed by atoms with van der Waals surface area (Å²) in [6.45, 7) is 6.15. The number of hydrogen-bond acceptors (Lipinski definition) is 1. The fourth-order valence-electron chi connectivity index (χ4n) is 2.17. The van der Waals surface area contributed by atoms with Crippen molar-refractivity contribution in [3.8, 4) is 0 Å². The molecule has 0 atom stereocenters. The monoisotopic (exact) mass is 271 g/mol. The molecule has 3 heteroatoms. The van der Waals surface area contributed by atoms with E-state index >= 15 is 0 Å². The van der Waals surface area contributed by atoms with Crippen LogP contribution in [-0.2, 0) is 0 Å². The second-order valence-corrected chi connectivity index (χ2v) is 4.85. The van der Waals surface area contributed by atoms with Crippen molar-refractivity contribution in [3.05, 3.63) is 65.0 Å². The lowest BCUT2D eigenvalue weighted by molar-refractivity contribution is 0.0988. The van der Waals surface area contributed by atoms with E-state index in [4.69, 9.17) is 0 Å². The quantitative estimate of drug-likeness (QED) is 0.822. The van der Waals surface area contributed by atoms with Gasteiger partial charge in [-0.05, 0) is 62.2 Å². The topological polar surface area (TPSA) is 20.3 Å². The number of amides is 1. The highest BCUT2D eigenvalue weighted by Gasteiger charge is 2.16. The first kappa shape index (κ1) is 14.3. The molecule has 0 bridgehead atoms. The van der Waals surface area contributed by atoms with Gasteiger partial charge in [-0.2, -0.15) is 0 Å². The number of halogens is 1. The molecular formula is C17H18FNO. The van der Waals surface area contributed by atoms with Gasteiger partial charge in [0.05, 0.1) is 0 Å². The molecule has 0 fully saturated rings. The molecule has 2 aromatic rings. The van der Waals surface area contributed by atoms with Crippen molar-refractivity contribution in [2.45, 2.75) is 20.8 Å². The first-order chi connectivity index (χ1) is 9.52. The van der Waals surface area contributed by atoms with Gasteiger partial charge in [0.1, 0.15) is 5.82 Å². The highest BCUT2D eigenvalue weighted by atomic mass is 19.1. The van der Waals surface area contributed by atoms with Gasteiger partial charge in [-0.25, -0.2) is 4.39 Å². The first-order valence-electron chi connectivity index (χ1n) is 6.67. The minimum Gasteiger partial charge on any atom is -0.309 e. The standard InChI is InChI=1S/C17H18FNO/c1-4-19(15-7-5-6-12(2)10-15)17(20)14-8-9-16(18)13(3)11-14/h5-11H,4H2,1-3H3. The van der Waals surface area contributed by atoms with Crippen molar-refractivity contribution in [3.63, 3.8) is 0 Å². The van der Waals surface area contributed by atoms with E-state index in [1.165, 1.54) is 12.1 Å². The second-order valence-electron chi connectivity index (χ2n) is 4.85. The van der Waals surface area contributed by atoms with Gasteiger partial charge in [0.25, 0.3) is 5.91 Å². The summed E-state index contributed by atoms with van der Waals surface area (Å²) in [6, 6.07) is 12.3. The molecule has 20 heavy (non-hydrogen) atoms. The Kier molecular flexibility index (Phi) is 4.18. The lowest BCUT2D eigenvalue weighted by atomic mass is 10.1. The minimum atomic E-state index is -0.292. The van der Waals surface area contributed by atoms with E-state index in [1.807, 2.05) is 38.1 Å². The molecule has 1 amide bonds. The van der Waals surface area contributed by atoms with Crippen LogP contribution in [0.15, 0.2) is 42.5 Å². The van der Waals surface area contributed by atoms with Crippen molar-refractivity contribution in [2.24, 2.45) is 0 Å². The number of anilines is 1. The number of nitrogens with zero attached hydrogens (tertiary/aromatic N) is 1.